The summed E-state index contributed by atoms with van der Waals surface area (Å²) in [6, 6.07) is 14.8. The Morgan fingerprint density at radius 1 is 1.05 bits per heavy atom. The molecule has 0 radical (unpaired) electrons. The molecule has 2 rings (SSSR count). The Bertz CT molecular complexity index is 599. The highest BCUT2D eigenvalue weighted by Gasteiger charge is 2.13. The van der Waals surface area contributed by atoms with Crippen LogP contribution in [0.4, 0.5) is 5.69 Å². The molecule has 6 nitrogen and oxygen atoms in total. The van der Waals surface area contributed by atoms with Crippen molar-refractivity contribution in [3.8, 4) is 5.75 Å². The maximum absolute atomic E-state index is 12.0. The lowest BCUT2D eigenvalue weighted by Crippen LogP contribution is -2.15. The average molecular weight is 258 g/mol. The third kappa shape index (κ3) is 3.29. The van der Waals surface area contributed by atoms with Gasteiger partial charge in [0.1, 0.15) is 5.75 Å². The number of hydrogen-bond donors (Lipinski definition) is 1. The molecule has 0 bridgehead atoms. The van der Waals surface area contributed by atoms with Crippen LogP contribution >= 0.6 is 0 Å². The molecule has 0 fully saturated rings. The molecule has 0 aliphatic heterocycles. The molecule has 0 aromatic heterocycles. The van der Waals surface area contributed by atoms with E-state index in [1.807, 2.05) is 6.07 Å². The Balaban J connectivity index is 2.21. The van der Waals surface area contributed by atoms with Crippen LogP contribution in [-0.4, -0.2) is 11.0 Å². The normalized spacial score (nSPS) is 9.68. The minimum absolute atomic E-state index is 0.0964. The van der Waals surface area contributed by atoms with E-state index in [-0.39, 0.29) is 11.3 Å². The summed E-state index contributed by atoms with van der Waals surface area (Å²) in [6.07, 6.45) is 0. The monoisotopic (exact) mass is 258 g/mol. The van der Waals surface area contributed by atoms with E-state index in [0.717, 1.165) is 0 Å². The van der Waals surface area contributed by atoms with Gasteiger partial charge >= 0.3 is 0 Å². The fourth-order valence-corrected chi connectivity index (χ4v) is 1.53. The standard InChI is InChI=1S/C13H10N2O4/c16-13(14-10-6-2-1-3-7-10)11-8-4-5-9-12(11)19-15(17)18/h1-9H,(H,14,16). The largest absolute Gasteiger partial charge is 0.322 e. The van der Waals surface area contributed by atoms with E-state index in [0.29, 0.717) is 5.69 Å². The minimum Gasteiger partial charge on any atom is -0.322 e. The Morgan fingerprint density at radius 3 is 2.37 bits per heavy atom. The quantitative estimate of drug-likeness (QED) is 0.674. The molecule has 19 heavy (non-hydrogen) atoms. The van der Waals surface area contributed by atoms with Crippen LogP contribution in [0.25, 0.3) is 0 Å². The number of benzene rings is 2. The molecule has 0 aliphatic rings. The smallest absolute Gasteiger partial charge is 0.299 e. The number of carbonyl (C=O) groups excluding carboxylic acids is 1. The van der Waals surface area contributed by atoms with Crippen molar-refractivity contribution in [3.63, 3.8) is 0 Å². The van der Waals surface area contributed by atoms with Gasteiger partial charge in [-0.05, 0) is 24.3 Å². The molecule has 0 atom stereocenters. The molecule has 0 heterocycles. The van der Waals surface area contributed by atoms with Crippen molar-refractivity contribution in [1.29, 1.82) is 0 Å². The maximum Gasteiger partial charge on any atom is 0.299 e. The van der Waals surface area contributed by atoms with Crippen LogP contribution in [0, 0.1) is 10.1 Å². The molecule has 1 amide bonds. The summed E-state index contributed by atoms with van der Waals surface area (Å²) in [5.74, 6) is -0.565. The molecule has 0 unspecified atom stereocenters. The van der Waals surface area contributed by atoms with Crippen LogP contribution in [-0.2, 0) is 0 Å². The van der Waals surface area contributed by atoms with Crippen molar-refractivity contribution in [1.82, 2.24) is 0 Å². The Labute approximate surface area is 108 Å². The van der Waals surface area contributed by atoms with Crippen molar-refractivity contribution >= 4 is 11.6 Å². The number of nitrogens with one attached hydrogen (secondary N) is 1. The predicted molar refractivity (Wildman–Crippen MR) is 68.5 cm³/mol. The van der Waals surface area contributed by atoms with Gasteiger partial charge in [-0.15, -0.1) is 10.1 Å². The molecule has 96 valence electrons. The molecule has 0 spiro atoms. The third-order valence-electron chi connectivity index (χ3n) is 2.34. The minimum atomic E-state index is -0.950. The van der Waals surface area contributed by atoms with Crippen LogP contribution in [0.2, 0.25) is 0 Å². The fraction of sp³-hybridized carbons (Fsp3) is 0. The lowest BCUT2D eigenvalue weighted by molar-refractivity contribution is -0.711. The van der Waals surface area contributed by atoms with Crippen LogP contribution in [0.5, 0.6) is 5.75 Å². The zero-order valence-corrected chi connectivity index (χ0v) is 9.78. The van der Waals surface area contributed by atoms with Crippen molar-refractivity contribution in [2.45, 2.75) is 0 Å². The number of hydrogen-bond acceptors (Lipinski definition) is 4. The third-order valence-corrected chi connectivity index (χ3v) is 2.34. The highest BCUT2D eigenvalue weighted by molar-refractivity contribution is 6.06. The van der Waals surface area contributed by atoms with Crippen LogP contribution < -0.4 is 10.2 Å². The lowest BCUT2D eigenvalue weighted by Gasteiger charge is -2.08. The second-order valence-electron chi connectivity index (χ2n) is 3.63. The van der Waals surface area contributed by atoms with Gasteiger partial charge in [0.25, 0.3) is 11.0 Å². The van der Waals surface area contributed by atoms with Gasteiger partial charge in [-0.25, -0.2) is 0 Å². The number of para-hydroxylation sites is 2. The average Bonchev–Trinajstić information content (AvgIpc) is 2.39. The molecule has 0 saturated carbocycles. The van der Waals surface area contributed by atoms with Crippen molar-refractivity contribution in [2.75, 3.05) is 5.32 Å². The van der Waals surface area contributed by atoms with E-state index in [9.17, 15) is 14.9 Å². The number of carbonyl (C=O) groups is 1. The van der Waals surface area contributed by atoms with Gasteiger partial charge in [0, 0.05) is 5.69 Å². The van der Waals surface area contributed by atoms with Gasteiger partial charge in [-0.1, -0.05) is 30.3 Å². The molecular weight excluding hydrogens is 248 g/mol. The first-order valence-corrected chi connectivity index (χ1v) is 5.44. The zero-order valence-electron chi connectivity index (χ0n) is 9.78. The van der Waals surface area contributed by atoms with Gasteiger partial charge in [0.15, 0.2) is 0 Å². The van der Waals surface area contributed by atoms with Gasteiger partial charge < -0.3 is 5.32 Å². The zero-order chi connectivity index (χ0) is 13.7. The maximum atomic E-state index is 12.0. The van der Waals surface area contributed by atoms with E-state index in [4.69, 9.17) is 0 Å². The molecule has 2 aromatic rings. The SMILES string of the molecule is O=C(Nc1ccccc1)c1ccccc1O[N+](=O)[O-]. The summed E-state index contributed by atoms with van der Waals surface area (Å²) in [6.45, 7) is 0. The van der Waals surface area contributed by atoms with Crippen LogP contribution in [0.1, 0.15) is 10.4 Å². The van der Waals surface area contributed by atoms with E-state index in [2.05, 4.69) is 10.2 Å². The van der Waals surface area contributed by atoms with E-state index < -0.39 is 11.0 Å². The summed E-state index contributed by atoms with van der Waals surface area (Å²) < 4.78 is 0. The highest BCUT2D eigenvalue weighted by Crippen LogP contribution is 2.19. The van der Waals surface area contributed by atoms with Crippen molar-refractivity contribution < 1.29 is 14.7 Å². The fourth-order valence-electron chi connectivity index (χ4n) is 1.53. The van der Waals surface area contributed by atoms with E-state index >= 15 is 0 Å². The number of rotatable bonds is 4. The molecular formula is C13H10N2O4. The number of amides is 1. The van der Waals surface area contributed by atoms with E-state index in [1.165, 1.54) is 12.1 Å². The van der Waals surface area contributed by atoms with Crippen molar-refractivity contribution in [2.24, 2.45) is 0 Å². The first-order valence-electron chi connectivity index (χ1n) is 5.44. The molecule has 0 aliphatic carbocycles. The Hall–Kier alpha value is -2.89. The molecule has 2 aromatic carbocycles. The summed E-state index contributed by atoms with van der Waals surface area (Å²) >= 11 is 0. The lowest BCUT2D eigenvalue weighted by atomic mass is 10.2. The molecule has 0 saturated heterocycles. The number of nitrogens with zero attached hydrogens (tertiary/aromatic N) is 1. The second kappa shape index (κ2) is 5.63. The number of anilines is 1. The van der Waals surface area contributed by atoms with Gasteiger partial charge in [0.05, 0.1) is 5.56 Å². The van der Waals surface area contributed by atoms with Crippen LogP contribution in [0.15, 0.2) is 54.6 Å². The summed E-state index contributed by atoms with van der Waals surface area (Å²) in [7, 11) is 0. The summed E-state index contributed by atoms with van der Waals surface area (Å²) in [4.78, 5) is 26.7. The first-order chi connectivity index (χ1) is 9.16. The van der Waals surface area contributed by atoms with Gasteiger partial charge in [0.2, 0.25) is 0 Å². The highest BCUT2D eigenvalue weighted by atomic mass is 17.0. The summed E-state index contributed by atoms with van der Waals surface area (Å²) in [5, 5.41) is 12.0. The van der Waals surface area contributed by atoms with E-state index in [1.54, 1.807) is 36.4 Å². The first kappa shape index (κ1) is 12.6. The predicted octanol–water partition coefficient (Wildman–Crippen LogP) is 2.51. The van der Waals surface area contributed by atoms with Gasteiger partial charge in [-0.2, -0.15) is 0 Å². The topological polar surface area (TPSA) is 81.5 Å². The molecule has 1 N–H and O–H groups in total. The Kier molecular flexibility index (Phi) is 3.72. The van der Waals surface area contributed by atoms with Gasteiger partial charge in [-0.3, -0.25) is 9.63 Å². The second-order valence-corrected chi connectivity index (χ2v) is 3.63. The van der Waals surface area contributed by atoms with Crippen molar-refractivity contribution in [3.05, 3.63) is 70.3 Å². The Morgan fingerprint density at radius 2 is 1.68 bits per heavy atom. The molecule has 6 heteroatoms. The summed E-state index contributed by atoms with van der Waals surface area (Å²) in [5.41, 5.74) is 0.700. The van der Waals surface area contributed by atoms with Crippen LogP contribution in [0.3, 0.4) is 0 Å².